The number of benzene rings is 2. The highest BCUT2D eigenvalue weighted by Gasteiger charge is 2.26. The molecule has 1 saturated heterocycles. The molecule has 1 aromatic heterocycles. The SMILES string of the molecule is COc1cc2nc(NCCCN(C(=O)O)C(C)(C)C)nc(NC3CCN(Cc4c(OC)cccc4N(C)C)CC3)c2cc1OC. The van der Waals surface area contributed by atoms with Gasteiger partial charge in [-0.1, -0.05) is 6.07 Å². The third-order valence-electron chi connectivity index (χ3n) is 8.20. The second-order valence-electron chi connectivity index (χ2n) is 12.6. The standard InChI is InChI=1S/C33H49N7O5/c1-33(2,3)40(32(41)42)16-10-15-34-31-36-25-20-29(45-8)28(44-7)19-23(25)30(37-31)35-22-13-17-39(18-14-22)21-24-26(38(4)5)11-9-12-27(24)43-6/h9,11-12,19-20,22H,10,13-18,21H2,1-8H3,(H,41,42)(H2,34,35,36,37). The molecule has 3 N–H and O–H groups in total. The summed E-state index contributed by atoms with van der Waals surface area (Å²) in [5, 5.41) is 17.5. The van der Waals surface area contributed by atoms with Gasteiger partial charge in [-0.3, -0.25) is 4.90 Å². The molecule has 0 radical (unpaired) electrons. The van der Waals surface area contributed by atoms with Crippen molar-refractivity contribution in [3.8, 4) is 17.2 Å². The van der Waals surface area contributed by atoms with Crippen molar-refractivity contribution < 1.29 is 24.1 Å². The summed E-state index contributed by atoms with van der Waals surface area (Å²) in [7, 11) is 9.07. The Morgan fingerprint density at radius 2 is 1.69 bits per heavy atom. The van der Waals surface area contributed by atoms with Gasteiger partial charge in [-0.05, 0) is 58.2 Å². The molecule has 1 aliphatic heterocycles. The summed E-state index contributed by atoms with van der Waals surface area (Å²) in [5.74, 6) is 3.30. The molecule has 1 aliphatic rings. The van der Waals surface area contributed by atoms with E-state index in [4.69, 9.17) is 24.2 Å². The molecule has 3 aromatic rings. The molecular weight excluding hydrogens is 574 g/mol. The zero-order valence-corrected chi connectivity index (χ0v) is 27.9. The van der Waals surface area contributed by atoms with E-state index in [2.05, 4.69) is 40.6 Å². The zero-order valence-electron chi connectivity index (χ0n) is 27.9. The molecule has 45 heavy (non-hydrogen) atoms. The molecule has 2 aromatic carbocycles. The van der Waals surface area contributed by atoms with E-state index in [9.17, 15) is 9.90 Å². The van der Waals surface area contributed by atoms with Gasteiger partial charge in [0.05, 0.1) is 26.8 Å². The van der Waals surface area contributed by atoms with E-state index in [-0.39, 0.29) is 6.04 Å². The van der Waals surface area contributed by atoms with Gasteiger partial charge in [0.25, 0.3) is 0 Å². The van der Waals surface area contributed by atoms with Crippen molar-refractivity contribution in [2.75, 3.05) is 77.1 Å². The van der Waals surface area contributed by atoms with Crippen LogP contribution in [0.2, 0.25) is 0 Å². The summed E-state index contributed by atoms with van der Waals surface area (Å²) in [6.07, 6.45) is 1.58. The third-order valence-corrected chi connectivity index (χ3v) is 8.20. The highest BCUT2D eigenvalue weighted by molar-refractivity contribution is 5.92. The molecule has 0 atom stereocenters. The van der Waals surface area contributed by atoms with Gasteiger partial charge in [-0.25, -0.2) is 9.78 Å². The van der Waals surface area contributed by atoms with Crippen LogP contribution in [0.1, 0.15) is 45.6 Å². The second kappa shape index (κ2) is 14.7. The van der Waals surface area contributed by atoms with E-state index in [1.54, 1.807) is 21.3 Å². The molecule has 2 heterocycles. The average Bonchev–Trinajstić information content (AvgIpc) is 3.00. The smallest absolute Gasteiger partial charge is 0.407 e. The van der Waals surface area contributed by atoms with Crippen LogP contribution in [-0.4, -0.2) is 104 Å². The minimum atomic E-state index is -0.927. The fraction of sp³-hybridized carbons (Fsp3) is 0.545. The molecular formula is C33H49N7O5. The number of amides is 1. The molecule has 12 heteroatoms. The summed E-state index contributed by atoms with van der Waals surface area (Å²) >= 11 is 0. The van der Waals surface area contributed by atoms with Crippen LogP contribution in [0.25, 0.3) is 10.9 Å². The largest absolute Gasteiger partial charge is 0.496 e. The lowest BCUT2D eigenvalue weighted by Crippen LogP contribution is -2.45. The number of rotatable bonds is 13. The van der Waals surface area contributed by atoms with Gasteiger partial charge < -0.3 is 39.8 Å². The first-order valence-corrected chi connectivity index (χ1v) is 15.5. The molecule has 12 nitrogen and oxygen atoms in total. The summed E-state index contributed by atoms with van der Waals surface area (Å²) in [6.45, 7) is 9.29. The Hall–Kier alpha value is -4.19. The molecule has 0 aliphatic carbocycles. The lowest BCUT2D eigenvalue weighted by atomic mass is 10.0. The van der Waals surface area contributed by atoms with E-state index in [1.807, 2.05) is 45.0 Å². The van der Waals surface area contributed by atoms with Crippen molar-refractivity contribution in [2.45, 2.75) is 58.2 Å². The number of ether oxygens (including phenoxy) is 3. The Bertz CT molecular complexity index is 1450. The average molecular weight is 624 g/mol. The number of carboxylic acid groups (broad SMARTS) is 1. The van der Waals surface area contributed by atoms with E-state index in [0.29, 0.717) is 37.0 Å². The summed E-state index contributed by atoms with van der Waals surface area (Å²) < 4.78 is 16.8. The van der Waals surface area contributed by atoms with Crippen molar-refractivity contribution in [3.05, 3.63) is 35.9 Å². The Morgan fingerprint density at radius 3 is 2.29 bits per heavy atom. The van der Waals surface area contributed by atoms with Crippen LogP contribution >= 0.6 is 0 Å². The third kappa shape index (κ3) is 8.30. The Kier molecular flexibility index (Phi) is 11.0. The van der Waals surface area contributed by atoms with E-state index < -0.39 is 11.6 Å². The minimum absolute atomic E-state index is 0.224. The summed E-state index contributed by atoms with van der Waals surface area (Å²) in [6, 6.07) is 10.2. The number of nitrogens with zero attached hydrogens (tertiary/aromatic N) is 5. The zero-order chi connectivity index (χ0) is 32.7. The number of likely N-dealkylation sites (tertiary alicyclic amines) is 1. The molecule has 1 amide bonds. The predicted molar refractivity (Wildman–Crippen MR) is 179 cm³/mol. The topological polar surface area (TPSA) is 125 Å². The van der Waals surface area contributed by atoms with Gasteiger partial charge in [-0.2, -0.15) is 4.98 Å². The van der Waals surface area contributed by atoms with Crippen molar-refractivity contribution in [1.82, 2.24) is 19.8 Å². The first kappa shape index (κ1) is 33.7. The van der Waals surface area contributed by atoms with Crippen LogP contribution in [0, 0.1) is 0 Å². The van der Waals surface area contributed by atoms with Gasteiger partial charge >= 0.3 is 6.09 Å². The second-order valence-corrected chi connectivity index (χ2v) is 12.6. The summed E-state index contributed by atoms with van der Waals surface area (Å²) in [4.78, 5) is 27.4. The first-order valence-electron chi connectivity index (χ1n) is 15.5. The first-order chi connectivity index (χ1) is 21.4. The Balaban J connectivity index is 1.49. The molecule has 246 valence electrons. The lowest BCUT2D eigenvalue weighted by Gasteiger charge is -2.34. The number of aromatic nitrogens is 2. The van der Waals surface area contributed by atoms with Crippen molar-refractivity contribution in [3.63, 3.8) is 0 Å². The monoisotopic (exact) mass is 623 g/mol. The number of piperidine rings is 1. The highest BCUT2D eigenvalue weighted by atomic mass is 16.5. The molecule has 0 saturated carbocycles. The van der Waals surface area contributed by atoms with E-state index in [1.165, 1.54) is 16.2 Å². The maximum absolute atomic E-state index is 11.7. The predicted octanol–water partition coefficient (Wildman–Crippen LogP) is 5.38. The maximum atomic E-state index is 11.7. The number of fused-ring (bicyclic) bond motifs is 1. The van der Waals surface area contributed by atoms with Gasteiger partial charge in [0.2, 0.25) is 5.95 Å². The number of anilines is 3. The van der Waals surface area contributed by atoms with Gasteiger partial charge in [0.1, 0.15) is 11.6 Å². The van der Waals surface area contributed by atoms with Gasteiger partial charge in [-0.15, -0.1) is 0 Å². The number of hydrogen-bond acceptors (Lipinski definition) is 10. The van der Waals surface area contributed by atoms with E-state index in [0.717, 1.165) is 54.9 Å². The van der Waals surface area contributed by atoms with Crippen LogP contribution in [0.3, 0.4) is 0 Å². The van der Waals surface area contributed by atoms with E-state index >= 15 is 0 Å². The minimum Gasteiger partial charge on any atom is -0.496 e. The van der Waals surface area contributed by atoms with Crippen LogP contribution in [0.4, 0.5) is 22.2 Å². The fourth-order valence-corrected chi connectivity index (χ4v) is 5.78. The number of hydrogen-bond donors (Lipinski definition) is 3. The van der Waals surface area contributed by atoms with Crippen LogP contribution in [-0.2, 0) is 6.54 Å². The molecule has 0 spiro atoms. The van der Waals surface area contributed by atoms with Crippen molar-refractivity contribution in [2.24, 2.45) is 0 Å². The van der Waals surface area contributed by atoms with Crippen LogP contribution < -0.4 is 29.7 Å². The Labute approximate surface area is 266 Å². The quantitative estimate of drug-likeness (QED) is 0.213. The number of methoxy groups -OCH3 is 3. The maximum Gasteiger partial charge on any atom is 0.407 e. The normalized spacial score (nSPS) is 14.2. The summed E-state index contributed by atoms with van der Waals surface area (Å²) in [5.41, 5.74) is 2.61. The highest BCUT2D eigenvalue weighted by Crippen LogP contribution is 2.36. The van der Waals surface area contributed by atoms with Crippen molar-refractivity contribution in [1.29, 1.82) is 0 Å². The molecule has 0 unspecified atom stereocenters. The molecule has 0 bridgehead atoms. The van der Waals surface area contributed by atoms with Crippen molar-refractivity contribution >= 4 is 34.4 Å². The molecule has 4 rings (SSSR count). The van der Waals surface area contributed by atoms with Crippen LogP contribution in [0.5, 0.6) is 17.2 Å². The fourth-order valence-electron chi connectivity index (χ4n) is 5.78. The van der Waals surface area contributed by atoms with Gasteiger partial charge in [0, 0.05) is 81.1 Å². The Morgan fingerprint density at radius 1 is 1.02 bits per heavy atom. The van der Waals surface area contributed by atoms with Gasteiger partial charge in [0.15, 0.2) is 11.5 Å². The van der Waals surface area contributed by atoms with Crippen LogP contribution in [0.15, 0.2) is 30.3 Å². The number of carbonyl (C=O) groups is 1. The lowest BCUT2D eigenvalue weighted by molar-refractivity contribution is 0.100. The number of nitrogens with one attached hydrogen (secondary N) is 2. The molecule has 1 fully saturated rings.